The Morgan fingerprint density at radius 3 is 2.81 bits per heavy atom. The Hall–Kier alpha value is -2.33. The van der Waals surface area contributed by atoms with Crippen molar-refractivity contribution < 1.29 is 4.74 Å². The van der Waals surface area contributed by atoms with Gasteiger partial charge in [0.25, 0.3) is 0 Å². The molecule has 1 aromatic carbocycles. The minimum Gasteiger partial charge on any atom is -0.495 e. The van der Waals surface area contributed by atoms with E-state index in [-0.39, 0.29) is 0 Å². The molecule has 0 unspecified atom stereocenters. The largest absolute Gasteiger partial charge is 0.495 e. The molecule has 0 saturated carbocycles. The van der Waals surface area contributed by atoms with E-state index in [4.69, 9.17) is 16.3 Å². The molecule has 0 N–H and O–H groups in total. The summed E-state index contributed by atoms with van der Waals surface area (Å²) in [6.45, 7) is 1.96. The number of imidazole rings is 1. The molecule has 3 rings (SSSR count). The van der Waals surface area contributed by atoms with Crippen molar-refractivity contribution in [1.29, 1.82) is 0 Å². The SMILES string of the molecule is COc1cc(Cl)c(C)cc1-n1ccnc1-c1cccnc1. The number of ether oxygens (including phenoxy) is 1. The number of aryl methyl sites for hydroxylation is 1. The van der Waals surface area contributed by atoms with Gasteiger partial charge < -0.3 is 4.74 Å². The molecule has 0 aliphatic rings. The molecule has 0 spiro atoms. The summed E-state index contributed by atoms with van der Waals surface area (Å²) in [6, 6.07) is 7.67. The highest BCUT2D eigenvalue weighted by atomic mass is 35.5. The van der Waals surface area contributed by atoms with E-state index in [9.17, 15) is 0 Å². The number of aromatic nitrogens is 3. The van der Waals surface area contributed by atoms with E-state index in [1.165, 1.54) is 0 Å². The highest BCUT2D eigenvalue weighted by molar-refractivity contribution is 6.31. The van der Waals surface area contributed by atoms with Gasteiger partial charge in [-0.2, -0.15) is 0 Å². The monoisotopic (exact) mass is 299 g/mol. The Labute approximate surface area is 128 Å². The van der Waals surface area contributed by atoms with Crippen molar-refractivity contribution in [2.75, 3.05) is 7.11 Å². The maximum Gasteiger partial charge on any atom is 0.146 e. The Morgan fingerprint density at radius 2 is 2.10 bits per heavy atom. The predicted octanol–water partition coefficient (Wildman–Crippen LogP) is 3.90. The van der Waals surface area contributed by atoms with Crippen molar-refractivity contribution in [2.24, 2.45) is 0 Å². The number of pyridine rings is 1. The zero-order chi connectivity index (χ0) is 14.8. The first-order chi connectivity index (χ1) is 10.2. The molecule has 0 radical (unpaired) electrons. The Morgan fingerprint density at radius 1 is 1.24 bits per heavy atom. The zero-order valence-electron chi connectivity index (χ0n) is 11.7. The lowest BCUT2D eigenvalue weighted by Crippen LogP contribution is -2.00. The molecule has 3 aromatic rings. The fourth-order valence-corrected chi connectivity index (χ4v) is 2.36. The summed E-state index contributed by atoms with van der Waals surface area (Å²) in [6.07, 6.45) is 7.18. The van der Waals surface area contributed by atoms with Gasteiger partial charge in [0, 0.05) is 41.4 Å². The summed E-state index contributed by atoms with van der Waals surface area (Å²) in [5, 5.41) is 0.679. The van der Waals surface area contributed by atoms with Gasteiger partial charge in [0.2, 0.25) is 0 Å². The molecule has 4 nitrogen and oxygen atoms in total. The molecule has 106 valence electrons. The zero-order valence-corrected chi connectivity index (χ0v) is 12.5. The van der Waals surface area contributed by atoms with Crippen LogP contribution in [0.5, 0.6) is 5.75 Å². The molecule has 0 fully saturated rings. The molecule has 0 aliphatic carbocycles. The van der Waals surface area contributed by atoms with E-state index >= 15 is 0 Å². The van der Waals surface area contributed by atoms with Gasteiger partial charge in [-0.05, 0) is 30.7 Å². The van der Waals surface area contributed by atoms with Gasteiger partial charge in [-0.1, -0.05) is 11.6 Å². The standard InChI is InChI=1S/C16H14ClN3O/c1-11-8-14(15(21-2)9-13(11)17)20-7-6-19-16(20)12-4-3-5-18-10-12/h3-10H,1-2H3. The topological polar surface area (TPSA) is 39.9 Å². The van der Waals surface area contributed by atoms with Crippen molar-refractivity contribution in [2.45, 2.75) is 6.92 Å². The van der Waals surface area contributed by atoms with Gasteiger partial charge in [-0.15, -0.1) is 0 Å². The van der Waals surface area contributed by atoms with E-state index < -0.39 is 0 Å². The van der Waals surface area contributed by atoms with Crippen LogP contribution in [-0.2, 0) is 0 Å². The van der Waals surface area contributed by atoms with Crippen LogP contribution in [0, 0.1) is 6.92 Å². The third-order valence-corrected chi connectivity index (χ3v) is 3.69. The maximum absolute atomic E-state index is 6.17. The number of halogens is 1. The molecule has 0 saturated heterocycles. The number of rotatable bonds is 3. The van der Waals surface area contributed by atoms with Crippen LogP contribution in [0.1, 0.15) is 5.56 Å². The lowest BCUT2D eigenvalue weighted by atomic mass is 10.2. The van der Waals surface area contributed by atoms with Crippen LogP contribution >= 0.6 is 11.6 Å². The van der Waals surface area contributed by atoms with Gasteiger partial charge in [-0.3, -0.25) is 9.55 Å². The van der Waals surface area contributed by atoms with Crippen molar-refractivity contribution >= 4 is 11.6 Å². The van der Waals surface area contributed by atoms with Crippen LogP contribution in [0.25, 0.3) is 17.1 Å². The second-order valence-corrected chi connectivity index (χ2v) is 5.04. The number of benzene rings is 1. The van der Waals surface area contributed by atoms with Gasteiger partial charge in [0.1, 0.15) is 11.6 Å². The van der Waals surface area contributed by atoms with Crippen LogP contribution in [0.2, 0.25) is 5.02 Å². The maximum atomic E-state index is 6.17. The summed E-state index contributed by atoms with van der Waals surface area (Å²) in [7, 11) is 1.63. The molecule has 2 aromatic heterocycles. The third-order valence-electron chi connectivity index (χ3n) is 3.28. The first-order valence-electron chi connectivity index (χ1n) is 6.49. The fourth-order valence-electron chi connectivity index (χ4n) is 2.21. The summed E-state index contributed by atoms with van der Waals surface area (Å²) < 4.78 is 7.42. The van der Waals surface area contributed by atoms with Crippen LogP contribution in [0.3, 0.4) is 0 Å². The van der Waals surface area contributed by atoms with Gasteiger partial charge in [0.15, 0.2) is 0 Å². The quantitative estimate of drug-likeness (QED) is 0.736. The molecular formula is C16H14ClN3O. The Kier molecular flexibility index (Phi) is 3.62. The fraction of sp³-hybridized carbons (Fsp3) is 0.125. The van der Waals surface area contributed by atoms with E-state index in [0.29, 0.717) is 10.8 Å². The molecular weight excluding hydrogens is 286 g/mol. The normalized spacial score (nSPS) is 10.6. The highest BCUT2D eigenvalue weighted by Gasteiger charge is 2.13. The van der Waals surface area contributed by atoms with Crippen molar-refractivity contribution in [1.82, 2.24) is 14.5 Å². The van der Waals surface area contributed by atoms with Crippen molar-refractivity contribution in [3.63, 3.8) is 0 Å². The second-order valence-electron chi connectivity index (χ2n) is 4.64. The Bertz CT molecular complexity index is 768. The summed E-state index contributed by atoms with van der Waals surface area (Å²) >= 11 is 6.17. The average molecular weight is 300 g/mol. The summed E-state index contributed by atoms with van der Waals surface area (Å²) in [5.74, 6) is 1.51. The number of hydrogen-bond donors (Lipinski definition) is 0. The van der Waals surface area contributed by atoms with Crippen molar-refractivity contribution in [3.05, 3.63) is 59.6 Å². The average Bonchev–Trinajstić information content (AvgIpc) is 2.99. The second kappa shape index (κ2) is 5.58. The molecule has 21 heavy (non-hydrogen) atoms. The third kappa shape index (κ3) is 2.50. The molecule has 5 heteroatoms. The van der Waals surface area contributed by atoms with Crippen LogP contribution in [-0.4, -0.2) is 21.6 Å². The lowest BCUT2D eigenvalue weighted by molar-refractivity contribution is 0.413. The smallest absolute Gasteiger partial charge is 0.146 e. The first-order valence-corrected chi connectivity index (χ1v) is 6.86. The van der Waals surface area contributed by atoms with Gasteiger partial charge in [-0.25, -0.2) is 4.98 Å². The Balaban J connectivity index is 2.19. The molecule has 0 bridgehead atoms. The number of methoxy groups -OCH3 is 1. The summed E-state index contributed by atoms with van der Waals surface area (Å²) in [5.41, 5.74) is 2.83. The molecule has 2 heterocycles. The van der Waals surface area contributed by atoms with Crippen LogP contribution < -0.4 is 4.74 Å². The number of nitrogens with zero attached hydrogens (tertiary/aromatic N) is 3. The number of hydrogen-bond acceptors (Lipinski definition) is 3. The summed E-state index contributed by atoms with van der Waals surface area (Å²) in [4.78, 5) is 8.57. The minimum atomic E-state index is 0.679. The molecule has 0 amide bonds. The van der Waals surface area contributed by atoms with Crippen LogP contribution in [0.15, 0.2) is 49.1 Å². The highest BCUT2D eigenvalue weighted by Crippen LogP contribution is 2.32. The van der Waals surface area contributed by atoms with E-state index in [0.717, 1.165) is 22.6 Å². The predicted molar refractivity (Wildman–Crippen MR) is 83.1 cm³/mol. The van der Waals surface area contributed by atoms with Gasteiger partial charge >= 0.3 is 0 Å². The van der Waals surface area contributed by atoms with E-state index in [2.05, 4.69) is 9.97 Å². The first kappa shape index (κ1) is 13.6. The van der Waals surface area contributed by atoms with Gasteiger partial charge in [0.05, 0.1) is 12.8 Å². The minimum absolute atomic E-state index is 0.679. The molecule has 0 atom stereocenters. The lowest BCUT2D eigenvalue weighted by Gasteiger charge is -2.14. The van der Waals surface area contributed by atoms with Crippen molar-refractivity contribution in [3.8, 4) is 22.8 Å². The van der Waals surface area contributed by atoms with Crippen LogP contribution in [0.4, 0.5) is 0 Å². The molecule has 0 aliphatic heterocycles. The van der Waals surface area contributed by atoms with E-state index in [1.807, 2.05) is 42.0 Å². The van der Waals surface area contributed by atoms with E-state index in [1.54, 1.807) is 25.7 Å².